The van der Waals surface area contributed by atoms with E-state index in [4.69, 9.17) is 11.1 Å². The van der Waals surface area contributed by atoms with Crippen LogP contribution in [0.2, 0.25) is 0 Å². The Balaban J connectivity index is 3.94. The third-order valence-corrected chi connectivity index (χ3v) is 2.18. The highest BCUT2D eigenvalue weighted by Gasteiger charge is 2.11. The summed E-state index contributed by atoms with van der Waals surface area (Å²) in [6.45, 7) is 7.29. The van der Waals surface area contributed by atoms with Gasteiger partial charge < -0.3 is 10.6 Å². The molecular weight excluding hydrogens is 150 g/mol. The van der Waals surface area contributed by atoms with Crippen molar-refractivity contribution in [2.45, 2.75) is 46.1 Å². The maximum atomic E-state index is 7.37. The van der Waals surface area contributed by atoms with E-state index < -0.39 is 0 Å². The summed E-state index contributed by atoms with van der Waals surface area (Å²) < 4.78 is 0. The number of hydrogen-bond donors (Lipinski definition) is 2. The summed E-state index contributed by atoms with van der Waals surface area (Å²) in [7, 11) is 0. The normalized spacial score (nSPS) is 12.6. The molecular formula is C9H21N3. The van der Waals surface area contributed by atoms with E-state index in [0.29, 0.717) is 6.04 Å². The van der Waals surface area contributed by atoms with E-state index in [2.05, 4.69) is 20.8 Å². The van der Waals surface area contributed by atoms with Crippen molar-refractivity contribution in [3.8, 4) is 0 Å². The molecule has 0 amide bonds. The molecule has 0 aliphatic rings. The first kappa shape index (κ1) is 11.3. The first-order valence-electron chi connectivity index (χ1n) is 4.74. The zero-order valence-electron chi connectivity index (χ0n) is 8.43. The van der Waals surface area contributed by atoms with Crippen LogP contribution in [0.1, 0.15) is 40.0 Å². The molecule has 0 bridgehead atoms. The minimum atomic E-state index is 0.206. The summed E-state index contributed by atoms with van der Waals surface area (Å²) in [5.41, 5.74) is 5.46. The molecule has 0 spiro atoms. The van der Waals surface area contributed by atoms with Gasteiger partial charge in [0.15, 0.2) is 5.96 Å². The smallest absolute Gasteiger partial charge is 0.188 e. The van der Waals surface area contributed by atoms with Gasteiger partial charge in [0.1, 0.15) is 0 Å². The van der Waals surface area contributed by atoms with Crippen LogP contribution in [0.4, 0.5) is 0 Å². The number of hydrogen-bond acceptors (Lipinski definition) is 1. The van der Waals surface area contributed by atoms with E-state index in [1.807, 2.05) is 4.90 Å². The molecule has 0 fully saturated rings. The molecule has 1 atom stereocenters. The first-order chi connectivity index (χ1) is 5.63. The maximum absolute atomic E-state index is 7.37. The van der Waals surface area contributed by atoms with E-state index in [-0.39, 0.29) is 5.96 Å². The number of nitrogens with zero attached hydrogens (tertiary/aromatic N) is 1. The highest BCUT2D eigenvalue weighted by Crippen LogP contribution is 2.04. The molecule has 3 nitrogen and oxygen atoms in total. The van der Waals surface area contributed by atoms with Crippen LogP contribution < -0.4 is 5.73 Å². The Morgan fingerprint density at radius 2 is 2.08 bits per heavy atom. The number of unbranched alkanes of at least 4 members (excludes halogenated alkanes) is 1. The second kappa shape index (κ2) is 5.86. The Hall–Kier alpha value is -0.730. The van der Waals surface area contributed by atoms with Crippen molar-refractivity contribution in [3.63, 3.8) is 0 Å². The average molecular weight is 171 g/mol. The fraction of sp³-hybridized carbons (Fsp3) is 0.889. The van der Waals surface area contributed by atoms with Gasteiger partial charge >= 0.3 is 0 Å². The van der Waals surface area contributed by atoms with Gasteiger partial charge in [-0.25, -0.2) is 0 Å². The molecule has 3 heteroatoms. The molecule has 0 aliphatic heterocycles. The van der Waals surface area contributed by atoms with E-state index in [9.17, 15) is 0 Å². The fourth-order valence-corrected chi connectivity index (χ4v) is 1.13. The molecule has 0 aliphatic carbocycles. The van der Waals surface area contributed by atoms with Gasteiger partial charge in [-0.2, -0.15) is 0 Å². The molecule has 0 heterocycles. The quantitative estimate of drug-likeness (QED) is 0.489. The van der Waals surface area contributed by atoms with E-state index in [1.165, 1.54) is 0 Å². The molecule has 0 radical (unpaired) electrons. The monoisotopic (exact) mass is 171 g/mol. The van der Waals surface area contributed by atoms with Crippen LogP contribution in [0.15, 0.2) is 0 Å². The van der Waals surface area contributed by atoms with Crippen LogP contribution in [0.3, 0.4) is 0 Å². The van der Waals surface area contributed by atoms with Crippen molar-refractivity contribution < 1.29 is 0 Å². The summed E-state index contributed by atoms with van der Waals surface area (Å²) in [4.78, 5) is 1.96. The molecule has 3 N–H and O–H groups in total. The Labute approximate surface area is 75.4 Å². The fourth-order valence-electron chi connectivity index (χ4n) is 1.13. The number of nitrogens with two attached hydrogens (primary N) is 1. The van der Waals surface area contributed by atoms with E-state index in [1.54, 1.807) is 0 Å². The zero-order chi connectivity index (χ0) is 9.56. The number of rotatable bonds is 5. The van der Waals surface area contributed by atoms with Gasteiger partial charge in [-0.15, -0.1) is 0 Å². The Kier molecular flexibility index (Phi) is 5.51. The molecule has 0 aromatic carbocycles. The Bertz CT molecular complexity index is 134. The van der Waals surface area contributed by atoms with Crippen molar-refractivity contribution in [1.29, 1.82) is 5.41 Å². The standard InChI is InChI=1S/C9H21N3/c1-4-6-7-12(9(10)11)8(3)5-2/h8H,4-7H2,1-3H3,(H3,10,11). The topological polar surface area (TPSA) is 53.1 Å². The van der Waals surface area contributed by atoms with Crippen LogP contribution in [0, 0.1) is 5.41 Å². The summed E-state index contributed by atoms with van der Waals surface area (Å²) >= 11 is 0. The highest BCUT2D eigenvalue weighted by molar-refractivity contribution is 5.74. The van der Waals surface area contributed by atoms with Crippen molar-refractivity contribution in [2.75, 3.05) is 6.54 Å². The predicted octanol–water partition coefficient (Wildman–Crippen LogP) is 1.78. The molecule has 12 heavy (non-hydrogen) atoms. The molecule has 72 valence electrons. The maximum Gasteiger partial charge on any atom is 0.188 e. The molecule has 0 aromatic rings. The van der Waals surface area contributed by atoms with Crippen LogP contribution in [-0.4, -0.2) is 23.4 Å². The van der Waals surface area contributed by atoms with Gasteiger partial charge in [0.25, 0.3) is 0 Å². The largest absolute Gasteiger partial charge is 0.370 e. The van der Waals surface area contributed by atoms with Crippen molar-refractivity contribution >= 4 is 5.96 Å². The Morgan fingerprint density at radius 3 is 2.42 bits per heavy atom. The van der Waals surface area contributed by atoms with E-state index >= 15 is 0 Å². The van der Waals surface area contributed by atoms with E-state index in [0.717, 1.165) is 25.8 Å². The lowest BCUT2D eigenvalue weighted by molar-refractivity contribution is 0.311. The van der Waals surface area contributed by atoms with Gasteiger partial charge in [-0.3, -0.25) is 5.41 Å². The van der Waals surface area contributed by atoms with Crippen LogP contribution in [0.5, 0.6) is 0 Å². The molecule has 0 rings (SSSR count). The van der Waals surface area contributed by atoms with Gasteiger partial charge in [-0.05, 0) is 19.8 Å². The average Bonchev–Trinajstić information content (AvgIpc) is 2.04. The first-order valence-corrected chi connectivity index (χ1v) is 4.74. The van der Waals surface area contributed by atoms with Crippen molar-refractivity contribution in [3.05, 3.63) is 0 Å². The van der Waals surface area contributed by atoms with Crippen LogP contribution in [-0.2, 0) is 0 Å². The minimum Gasteiger partial charge on any atom is -0.370 e. The summed E-state index contributed by atoms with van der Waals surface area (Å²) in [6.07, 6.45) is 3.31. The van der Waals surface area contributed by atoms with Gasteiger partial charge in [0.2, 0.25) is 0 Å². The van der Waals surface area contributed by atoms with Crippen molar-refractivity contribution in [2.24, 2.45) is 5.73 Å². The zero-order valence-corrected chi connectivity index (χ0v) is 8.43. The van der Waals surface area contributed by atoms with Gasteiger partial charge in [0, 0.05) is 12.6 Å². The SMILES string of the molecule is CCCCN(C(=N)N)C(C)CC. The van der Waals surface area contributed by atoms with Crippen LogP contribution in [0.25, 0.3) is 0 Å². The summed E-state index contributed by atoms with van der Waals surface area (Å²) in [5.74, 6) is 0.206. The highest BCUT2D eigenvalue weighted by atomic mass is 15.2. The lowest BCUT2D eigenvalue weighted by atomic mass is 10.2. The lowest BCUT2D eigenvalue weighted by Crippen LogP contribution is -2.42. The lowest BCUT2D eigenvalue weighted by Gasteiger charge is -2.28. The predicted molar refractivity (Wildman–Crippen MR) is 53.3 cm³/mol. The third-order valence-electron chi connectivity index (χ3n) is 2.18. The Morgan fingerprint density at radius 1 is 1.50 bits per heavy atom. The molecule has 1 unspecified atom stereocenters. The summed E-state index contributed by atoms with van der Waals surface area (Å²) in [5, 5.41) is 7.37. The van der Waals surface area contributed by atoms with Crippen LogP contribution >= 0.6 is 0 Å². The van der Waals surface area contributed by atoms with Gasteiger partial charge in [0.05, 0.1) is 0 Å². The number of guanidine groups is 1. The number of nitrogens with one attached hydrogen (secondary N) is 1. The molecule has 0 saturated heterocycles. The van der Waals surface area contributed by atoms with Crippen molar-refractivity contribution in [1.82, 2.24) is 4.90 Å². The minimum absolute atomic E-state index is 0.206. The second-order valence-electron chi connectivity index (χ2n) is 3.19. The second-order valence-corrected chi connectivity index (χ2v) is 3.19. The van der Waals surface area contributed by atoms with Gasteiger partial charge in [-0.1, -0.05) is 20.3 Å². The molecule has 0 aromatic heterocycles. The molecule has 0 saturated carbocycles. The third kappa shape index (κ3) is 3.60. The summed E-state index contributed by atoms with van der Waals surface area (Å²) in [6, 6.07) is 0.397.